The van der Waals surface area contributed by atoms with Crippen LogP contribution in [0.5, 0.6) is 0 Å². The van der Waals surface area contributed by atoms with Crippen molar-refractivity contribution in [3.05, 3.63) is 45.6 Å². The SMILES string of the molecule is CCc1ccc2[nH]c3nc(NN=Cc4ccc(C)s4)nnc3c2c1. The van der Waals surface area contributed by atoms with Crippen LogP contribution in [0.2, 0.25) is 0 Å². The van der Waals surface area contributed by atoms with Gasteiger partial charge in [0, 0.05) is 20.7 Å². The molecule has 0 saturated carbocycles. The first-order valence-corrected chi connectivity index (χ1v) is 8.55. The first kappa shape index (κ1) is 14.8. The van der Waals surface area contributed by atoms with Crippen LogP contribution in [0.3, 0.4) is 0 Å². The van der Waals surface area contributed by atoms with Crippen LogP contribution in [-0.2, 0) is 6.42 Å². The summed E-state index contributed by atoms with van der Waals surface area (Å²) in [5.41, 5.74) is 6.60. The van der Waals surface area contributed by atoms with E-state index in [1.54, 1.807) is 17.6 Å². The summed E-state index contributed by atoms with van der Waals surface area (Å²) >= 11 is 1.68. The Balaban J connectivity index is 1.63. The number of hydrogen-bond donors (Lipinski definition) is 2. The molecule has 0 atom stereocenters. The molecule has 0 aliphatic carbocycles. The highest BCUT2D eigenvalue weighted by Crippen LogP contribution is 2.23. The quantitative estimate of drug-likeness (QED) is 0.438. The predicted octanol–water partition coefficient (Wildman–Crippen LogP) is 3.88. The zero-order chi connectivity index (χ0) is 16.5. The van der Waals surface area contributed by atoms with Crippen molar-refractivity contribution >= 4 is 45.6 Å². The number of benzene rings is 1. The maximum Gasteiger partial charge on any atom is 0.265 e. The summed E-state index contributed by atoms with van der Waals surface area (Å²) in [6.45, 7) is 4.20. The summed E-state index contributed by atoms with van der Waals surface area (Å²) in [5.74, 6) is 0.370. The number of aromatic amines is 1. The average molecular weight is 336 g/mol. The van der Waals surface area contributed by atoms with Crippen molar-refractivity contribution in [1.82, 2.24) is 20.2 Å². The molecule has 0 saturated heterocycles. The van der Waals surface area contributed by atoms with E-state index >= 15 is 0 Å². The molecule has 0 amide bonds. The summed E-state index contributed by atoms with van der Waals surface area (Å²) in [6, 6.07) is 10.4. The van der Waals surface area contributed by atoms with Crippen molar-refractivity contribution < 1.29 is 0 Å². The lowest BCUT2D eigenvalue weighted by molar-refractivity contribution is 1.01. The largest absolute Gasteiger partial charge is 0.338 e. The molecule has 0 bridgehead atoms. The van der Waals surface area contributed by atoms with Crippen LogP contribution in [-0.4, -0.2) is 26.4 Å². The normalized spacial score (nSPS) is 11.8. The summed E-state index contributed by atoms with van der Waals surface area (Å²) in [5, 5.41) is 13.6. The lowest BCUT2D eigenvalue weighted by Gasteiger charge is -1.97. The Morgan fingerprint density at radius 1 is 1.25 bits per heavy atom. The van der Waals surface area contributed by atoms with Crippen molar-refractivity contribution in [2.45, 2.75) is 20.3 Å². The standard InChI is InChI=1S/C17H16N6S/c1-3-11-5-7-14-13(8-11)15-16(19-14)20-17(23-21-15)22-18-9-12-6-4-10(2)24-12/h4-9H,3H2,1-2H3,(H2,19,20,22,23). The minimum absolute atomic E-state index is 0.370. The third-order valence-corrected chi connectivity index (χ3v) is 4.74. The molecule has 2 N–H and O–H groups in total. The molecular formula is C17H16N6S. The van der Waals surface area contributed by atoms with Crippen molar-refractivity contribution in [2.75, 3.05) is 5.43 Å². The minimum atomic E-state index is 0.370. The fraction of sp³-hybridized carbons (Fsp3) is 0.176. The molecule has 3 heterocycles. The molecule has 24 heavy (non-hydrogen) atoms. The number of fused-ring (bicyclic) bond motifs is 3. The van der Waals surface area contributed by atoms with Crippen molar-refractivity contribution in [3.63, 3.8) is 0 Å². The number of aromatic nitrogens is 4. The van der Waals surface area contributed by atoms with Crippen LogP contribution < -0.4 is 5.43 Å². The number of nitrogens with one attached hydrogen (secondary N) is 2. The lowest BCUT2D eigenvalue weighted by atomic mass is 10.1. The second kappa shape index (κ2) is 6.01. The fourth-order valence-electron chi connectivity index (χ4n) is 2.56. The van der Waals surface area contributed by atoms with Gasteiger partial charge in [-0.15, -0.1) is 21.5 Å². The molecule has 0 fully saturated rings. The number of anilines is 1. The summed E-state index contributed by atoms with van der Waals surface area (Å²) < 4.78 is 0. The van der Waals surface area contributed by atoms with Gasteiger partial charge in [0.25, 0.3) is 5.95 Å². The van der Waals surface area contributed by atoms with Crippen LogP contribution in [0.15, 0.2) is 35.4 Å². The van der Waals surface area contributed by atoms with Gasteiger partial charge in [-0.1, -0.05) is 13.0 Å². The van der Waals surface area contributed by atoms with Crippen LogP contribution >= 0.6 is 11.3 Å². The van der Waals surface area contributed by atoms with Crippen molar-refractivity contribution in [3.8, 4) is 0 Å². The number of aryl methyl sites for hydroxylation is 2. The van der Waals surface area contributed by atoms with Gasteiger partial charge in [-0.3, -0.25) is 0 Å². The van der Waals surface area contributed by atoms with Gasteiger partial charge in [-0.05, 0) is 43.2 Å². The number of hydrogen-bond acceptors (Lipinski definition) is 6. The topological polar surface area (TPSA) is 78.9 Å². The Morgan fingerprint density at radius 3 is 2.96 bits per heavy atom. The van der Waals surface area contributed by atoms with Crippen LogP contribution in [0.4, 0.5) is 5.95 Å². The zero-order valence-electron chi connectivity index (χ0n) is 13.4. The number of hydrazone groups is 1. The van der Waals surface area contributed by atoms with Gasteiger partial charge < -0.3 is 4.98 Å². The zero-order valence-corrected chi connectivity index (χ0v) is 14.2. The maximum absolute atomic E-state index is 4.45. The van der Waals surface area contributed by atoms with Crippen molar-refractivity contribution in [1.29, 1.82) is 0 Å². The molecule has 4 aromatic rings. The molecule has 120 valence electrons. The first-order valence-electron chi connectivity index (χ1n) is 7.73. The summed E-state index contributed by atoms with van der Waals surface area (Å²) in [7, 11) is 0. The molecule has 0 aliphatic rings. The van der Waals surface area contributed by atoms with Crippen molar-refractivity contribution in [2.24, 2.45) is 5.10 Å². The summed E-state index contributed by atoms with van der Waals surface area (Å²) in [4.78, 5) is 10.1. The van der Waals surface area contributed by atoms with E-state index in [-0.39, 0.29) is 0 Å². The second-order valence-corrected chi connectivity index (χ2v) is 6.83. The molecule has 3 aromatic heterocycles. The van der Waals surface area contributed by atoms with E-state index in [0.717, 1.165) is 27.7 Å². The van der Waals surface area contributed by atoms with Gasteiger partial charge in [-0.2, -0.15) is 10.1 Å². The highest BCUT2D eigenvalue weighted by Gasteiger charge is 2.09. The Kier molecular flexibility index (Phi) is 3.70. The Bertz CT molecular complexity index is 1050. The van der Waals surface area contributed by atoms with Gasteiger partial charge in [0.1, 0.15) is 5.52 Å². The van der Waals surface area contributed by atoms with Crippen LogP contribution in [0, 0.1) is 6.92 Å². The van der Waals surface area contributed by atoms with Gasteiger partial charge in [0.05, 0.1) is 6.21 Å². The molecular weight excluding hydrogens is 320 g/mol. The predicted molar refractivity (Wildman–Crippen MR) is 98.8 cm³/mol. The van der Waals surface area contributed by atoms with E-state index in [4.69, 9.17) is 0 Å². The third-order valence-electron chi connectivity index (χ3n) is 3.80. The van der Waals surface area contributed by atoms with E-state index in [1.807, 2.05) is 6.07 Å². The number of thiophene rings is 1. The maximum atomic E-state index is 4.45. The van der Waals surface area contributed by atoms with Gasteiger partial charge in [0.2, 0.25) is 0 Å². The van der Waals surface area contributed by atoms with E-state index in [2.05, 4.69) is 68.8 Å². The molecule has 0 unspecified atom stereocenters. The Hall–Kier alpha value is -2.80. The fourth-order valence-corrected chi connectivity index (χ4v) is 3.31. The molecule has 4 rings (SSSR count). The summed E-state index contributed by atoms with van der Waals surface area (Å²) in [6.07, 6.45) is 2.74. The third kappa shape index (κ3) is 2.74. The highest BCUT2D eigenvalue weighted by atomic mass is 32.1. The molecule has 0 spiro atoms. The van der Waals surface area contributed by atoms with E-state index in [9.17, 15) is 0 Å². The van der Waals surface area contributed by atoms with Gasteiger partial charge in [0.15, 0.2) is 5.65 Å². The highest BCUT2D eigenvalue weighted by molar-refractivity contribution is 7.13. The molecule has 6 nitrogen and oxygen atoms in total. The van der Waals surface area contributed by atoms with E-state index < -0.39 is 0 Å². The Morgan fingerprint density at radius 2 is 2.17 bits per heavy atom. The van der Waals surface area contributed by atoms with Crippen LogP contribution in [0.25, 0.3) is 22.1 Å². The number of rotatable bonds is 4. The number of nitrogens with zero attached hydrogens (tertiary/aromatic N) is 4. The number of H-pyrrole nitrogens is 1. The average Bonchev–Trinajstić information content (AvgIpc) is 3.17. The van der Waals surface area contributed by atoms with E-state index in [1.165, 1.54) is 10.4 Å². The molecule has 7 heteroatoms. The van der Waals surface area contributed by atoms with Crippen LogP contribution in [0.1, 0.15) is 22.2 Å². The molecule has 1 aromatic carbocycles. The van der Waals surface area contributed by atoms with E-state index in [0.29, 0.717) is 11.6 Å². The molecule has 0 aliphatic heterocycles. The Labute approximate surface area is 142 Å². The first-order chi connectivity index (χ1) is 11.7. The second-order valence-electron chi connectivity index (χ2n) is 5.51. The van der Waals surface area contributed by atoms with Gasteiger partial charge >= 0.3 is 0 Å². The molecule has 0 radical (unpaired) electrons. The minimum Gasteiger partial charge on any atom is -0.338 e. The smallest absolute Gasteiger partial charge is 0.265 e. The van der Waals surface area contributed by atoms with Gasteiger partial charge in [-0.25, -0.2) is 5.43 Å². The monoisotopic (exact) mass is 336 g/mol. The lowest BCUT2D eigenvalue weighted by Crippen LogP contribution is -1.98.